The largest absolute Gasteiger partial charge is 0.508 e. The molecular formula is C90H140N26O31S. The predicted molar refractivity (Wildman–Crippen MR) is 520 cm³/mol. The Kier molecular flexibility index (Phi) is 52.7. The third kappa shape index (κ3) is 42.0. The number of aliphatic carboxylic acids is 2. The van der Waals surface area contributed by atoms with Crippen LogP contribution in [0.1, 0.15) is 170 Å². The van der Waals surface area contributed by atoms with E-state index >= 15 is 0 Å². The summed E-state index contributed by atoms with van der Waals surface area (Å²) >= 11 is 4.19. The third-order valence-corrected chi connectivity index (χ3v) is 24.1. The number of carbonyl (C=O) groups excluding carboxylic acids is 23. The molecule has 2 aliphatic rings. The van der Waals surface area contributed by atoms with E-state index in [9.17, 15) is 151 Å². The van der Waals surface area contributed by atoms with E-state index in [1.165, 1.54) is 50.6 Å². The van der Waals surface area contributed by atoms with Gasteiger partial charge in [0, 0.05) is 63.6 Å². The molecule has 23 amide bonds. The number of nitrogens with zero attached hydrogens (tertiary/aromatic N) is 3. The van der Waals surface area contributed by atoms with Crippen LogP contribution in [-0.2, 0) is 133 Å². The zero-order valence-corrected chi connectivity index (χ0v) is 84.3. The summed E-state index contributed by atoms with van der Waals surface area (Å²) in [7, 11) is 0. The molecule has 2 aromatic rings. The van der Waals surface area contributed by atoms with E-state index < -0.39 is 377 Å². The van der Waals surface area contributed by atoms with Crippen LogP contribution >= 0.6 is 12.6 Å². The van der Waals surface area contributed by atoms with Crippen molar-refractivity contribution in [1.29, 1.82) is 0 Å². The van der Waals surface area contributed by atoms with Gasteiger partial charge in [0.25, 0.3) is 0 Å². The van der Waals surface area contributed by atoms with E-state index in [2.05, 4.69) is 108 Å². The van der Waals surface area contributed by atoms with Crippen molar-refractivity contribution in [3.05, 3.63) is 48.0 Å². The number of aliphatic hydroxyl groups excluding tert-OH is 3. The van der Waals surface area contributed by atoms with Crippen molar-refractivity contribution in [2.75, 3.05) is 51.8 Å². The lowest BCUT2D eigenvalue weighted by Gasteiger charge is -2.33. The van der Waals surface area contributed by atoms with Crippen molar-refractivity contribution in [2.45, 2.75) is 280 Å². The number of carboxylic acids is 2. The minimum atomic E-state index is -2.01. The molecule has 0 spiro atoms. The van der Waals surface area contributed by atoms with Gasteiger partial charge in [-0.25, -0.2) is 9.78 Å². The number of aliphatic hydroxyl groups is 3. The van der Waals surface area contributed by atoms with Gasteiger partial charge in [-0.15, -0.1) is 0 Å². The molecular weight excluding hydrogens is 1970 g/mol. The maximum atomic E-state index is 14.9. The van der Waals surface area contributed by atoms with Gasteiger partial charge in [0.1, 0.15) is 108 Å². The quantitative estimate of drug-likeness (QED) is 0.0274. The number of hydrogen-bond donors (Lipinski definition) is 30. The Morgan fingerprint density at radius 1 is 0.432 bits per heavy atom. The number of imidazole rings is 1. The molecule has 0 aliphatic carbocycles. The van der Waals surface area contributed by atoms with Crippen molar-refractivity contribution >= 4 is 160 Å². The Labute approximate surface area is 855 Å². The Morgan fingerprint density at radius 3 is 1.36 bits per heavy atom. The first-order valence-electron chi connectivity index (χ1n) is 47.8. The van der Waals surface area contributed by atoms with E-state index in [0.717, 1.165) is 16.7 Å². The van der Waals surface area contributed by atoms with Crippen LogP contribution in [0, 0.1) is 23.7 Å². The summed E-state index contributed by atoms with van der Waals surface area (Å²) in [5.41, 5.74) is 28.2. The third-order valence-electron chi connectivity index (χ3n) is 23.8. The number of benzene rings is 1. The van der Waals surface area contributed by atoms with Gasteiger partial charge in [0.05, 0.1) is 57.4 Å². The minimum absolute atomic E-state index is 0.0474. The number of phenols is 1. The molecule has 1 aromatic carbocycles. The number of H-pyrrole nitrogens is 1. The van der Waals surface area contributed by atoms with E-state index in [-0.39, 0.29) is 69.0 Å². The molecule has 4 rings (SSSR count). The van der Waals surface area contributed by atoms with Crippen LogP contribution in [0.3, 0.4) is 0 Å². The number of aromatic hydroxyl groups is 1. The molecule has 148 heavy (non-hydrogen) atoms. The number of carboxylic acid groups (broad SMARTS) is 2. The molecule has 0 bridgehead atoms. The average molecular weight is 2110 g/mol. The second-order valence-electron chi connectivity index (χ2n) is 36.7. The average Bonchev–Trinajstić information content (AvgIpc) is 1.64. The van der Waals surface area contributed by atoms with Gasteiger partial charge >= 0.3 is 11.9 Å². The Morgan fingerprint density at radius 2 is 0.851 bits per heavy atom. The smallest absolute Gasteiger partial charge is 0.328 e. The van der Waals surface area contributed by atoms with Crippen molar-refractivity contribution in [2.24, 2.45) is 52.3 Å². The first kappa shape index (κ1) is 125. The summed E-state index contributed by atoms with van der Waals surface area (Å²) in [4.78, 5) is 347. The van der Waals surface area contributed by atoms with E-state index in [1.807, 2.05) is 12.2 Å². The summed E-state index contributed by atoms with van der Waals surface area (Å²) in [5.74, 6) is -30.1. The predicted octanol–water partition coefficient (Wildman–Crippen LogP) is -12.3. The highest BCUT2D eigenvalue weighted by Crippen LogP contribution is 2.28. The molecule has 822 valence electrons. The molecule has 0 radical (unpaired) electrons. The number of hydrogen-bond acceptors (Lipinski definition) is 32. The first-order valence-corrected chi connectivity index (χ1v) is 48.4. The van der Waals surface area contributed by atoms with Crippen molar-refractivity contribution in [3.63, 3.8) is 0 Å². The molecule has 0 saturated carbocycles. The fourth-order valence-electron chi connectivity index (χ4n) is 15.2. The highest BCUT2D eigenvalue weighted by Gasteiger charge is 2.47. The molecule has 19 atom stereocenters. The van der Waals surface area contributed by atoms with Gasteiger partial charge in [-0.2, -0.15) is 12.6 Å². The summed E-state index contributed by atoms with van der Waals surface area (Å²) in [6.45, 7) is 8.90. The number of rotatable bonds is 65. The Bertz CT molecular complexity index is 5020. The summed E-state index contributed by atoms with van der Waals surface area (Å²) < 4.78 is 0. The fourth-order valence-corrected chi connectivity index (χ4v) is 15.4. The van der Waals surface area contributed by atoms with Crippen LogP contribution in [0.5, 0.6) is 5.75 Å². The maximum absolute atomic E-state index is 14.9. The van der Waals surface area contributed by atoms with Crippen molar-refractivity contribution in [1.82, 2.24) is 110 Å². The highest BCUT2D eigenvalue weighted by molar-refractivity contribution is 7.80. The van der Waals surface area contributed by atoms with Gasteiger partial charge in [0.15, 0.2) is 0 Å². The number of nitrogens with one attached hydrogen (secondary N) is 18. The molecule has 2 fully saturated rings. The van der Waals surface area contributed by atoms with Gasteiger partial charge in [-0.1, -0.05) is 73.9 Å². The van der Waals surface area contributed by atoms with Gasteiger partial charge in [-0.05, 0) is 106 Å². The van der Waals surface area contributed by atoms with Gasteiger partial charge < -0.3 is 164 Å². The van der Waals surface area contributed by atoms with Crippen LogP contribution in [-0.4, -0.2) is 359 Å². The molecule has 0 unspecified atom stereocenters. The number of likely N-dealkylation sites (tertiary alicyclic amines) is 2. The summed E-state index contributed by atoms with van der Waals surface area (Å²) in [6, 6.07) is -24.3. The number of aromatic nitrogens is 2. The van der Waals surface area contributed by atoms with E-state index in [1.54, 1.807) is 34.6 Å². The number of nitrogens with two attached hydrogens (primary N) is 5. The number of thiol groups is 1. The maximum Gasteiger partial charge on any atom is 0.328 e. The second kappa shape index (κ2) is 62.2. The molecule has 1 aromatic heterocycles. The summed E-state index contributed by atoms with van der Waals surface area (Å²) in [6.07, 6.45) is -3.50. The normalized spacial score (nSPS) is 16.7. The lowest BCUT2D eigenvalue weighted by molar-refractivity contribution is -0.148. The topological polar surface area (TPSA) is 918 Å². The fraction of sp³-hybridized carbons (Fsp3) is 0.622. The number of carbonyl (C=O) groups is 25. The molecule has 57 nitrogen and oxygen atoms in total. The van der Waals surface area contributed by atoms with E-state index in [0.29, 0.717) is 12.0 Å². The minimum Gasteiger partial charge on any atom is -0.508 e. The Balaban J connectivity index is 1.50. The van der Waals surface area contributed by atoms with Crippen molar-refractivity contribution < 1.29 is 151 Å². The molecule has 2 saturated heterocycles. The molecule has 2 aliphatic heterocycles. The molecule has 34 N–H and O–H groups in total. The zero-order chi connectivity index (χ0) is 111. The lowest BCUT2D eigenvalue weighted by atomic mass is 9.97. The number of primary amides is 4. The van der Waals surface area contributed by atoms with Gasteiger partial charge in [0.2, 0.25) is 136 Å². The molecule has 58 heteroatoms. The number of aromatic amines is 1. The van der Waals surface area contributed by atoms with Gasteiger partial charge in [-0.3, -0.25) is 115 Å². The second-order valence-corrected chi connectivity index (χ2v) is 37.1. The standard InChI is InChI=1S/C90H140N26O31S/c1-10-44(8)70(95)85(141)114-71(42(4)5)86(142)98-34-67(125)97-35-68(126)101-54(30-46-15-17-48(120)18-16-46)78(134)102-51(22-26-69(127)128)75(131)112-60(39-148)83(139)103-49(19-23-63(91)121)74(130)100-45(9)73(129)106-55(31-47-33-96-40-99-47)79(135)109-57(36-117)81(137)105-52(21-25-65(93)123)88(144)116-28-12-14-62(116)89(145)115-27-11-13-61(115)84(140)104-50(20-24-64(92)122)76(132)113-72(43(6)7)87(143)110-58(37-118)82(138)107-53(29-41(2)3)77(133)108-56(32-66(94)124)80(136)111-59(38-119)90(146)147/h15-18,33,40-45,49-62,70-72,117-120,148H,10-14,19-32,34-39,95H2,1-9H3,(H2,91,121)(H2,92,122)(H2,93,123)(H2,94,124)(H,96,99)(H,97,125)(H,98,142)(H,100,130)(H,101,126)(H,102,134)(H,103,139)(H,104,140)(H,105,137)(H,106,129)(H,107,138)(H,108,133)(H,109,135)(H,110,143)(H,111,136)(H,112,131)(H,113,132)(H,114,141)(H,127,128)(H,146,147)/t44-,45-,49-,50-,51-,52-,53-,54-,55-,56-,57-,58-,59-,60-,61-,62-,70-,71-,72-/m0/s1. The Hall–Kier alpha value is -14.8. The first-order chi connectivity index (χ1) is 69.6. The lowest BCUT2D eigenvalue weighted by Crippen LogP contribution is -2.62. The number of phenolic OH excluding ortho intramolecular Hbond substituents is 1. The number of amides is 23. The zero-order valence-electron chi connectivity index (χ0n) is 83.4. The van der Waals surface area contributed by atoms with Crippen LogP contribution in [0.4, 0.5) is 0 Å². The highest BCUT2D eigenvalue weighted by atomic mass is 32.1. The van der Waals surface area contributed by atoms with Crippen LogP contribution in [0.25, 0.3) is 0 Å². The van der Waals surface area contributed by atoms with E-state index in [4.69, 9.17) is 28.7 Å². The van der Waals surface area contributed by atoms with Crippen molar-refractivity contribution in [3.8, 4) is 5.75 Å². The SMILES string of the molecule is CC[C@H](C)[C@H](N)C(=O)N[C@H](C(=O)NCC(=O)NCC(=O)N[C@@H](Cc1ccc(O)cc1)C(=O)N[C@@H](CCC(=O)O)C(=O)N[C@@H](CS)C(=O)N[C@@H](CCC(N)=O)C(=O)N[C@@H](C)C(=O)N[C@@H](Cc1c[nH]cn1)C(=O)N[C@@H](CO)C(=O)N[C@@H](CCC(N)=O)C(=O)N1CCC[C@H]1C(=O)N1CCC[C@H]1C(=O)N[C@@H](CCC(N)=O)C(=O)N[C@H](C(=O)N[C@@H](CO)C(=O)N[C@@H](CC(C)C)C(=O)N[C@@H](CC(N)=O)C(=O)N[C@@H](CO)C(=O)O)C(C)C)C(C)C. The van der Waals surface area contributed by atoms with Crippen LogP contribution in [0.2, 0.25) is 0 Å². The monoisotopic (exact) mass is 2110 g/mol. The molecule has 3 heterocycles. The summed E-state index contributed by atoms with van der Waals surface area (Å²) in [5, 5.41) is 99.5. The van der Waals surface area contributed by atoms with Crippen LogP contribution < -0.4 is 119 Å². The van der Waals surface area contributed by atoms with Crippen LogP contribution in [0.15, 0.2) is 36.8 Å².